The van der Waals surface area contributed by atoms with Gasteiger partial charge in [0.2, 0.25) is 0 Å². The summed E-state index contributed by atoms with van der Waals surface area (Å²) in [5.74, 6) is -0.804. The summed E-state index contributed by atoms with van der Waals surface area (Å²) in [6.07, 6.45) is 0.541. The number of carboxylic acids is 1. The van der Waals surface area contributed by atoms with Gasteiger partial charge in [0.1, 0.15) is 5.54 Å². The molecule has 0 unspecified atom stereocenters. The number of likely N-dealkylation sites (N-methyl/N-ethyl adjacent to an activating group) is 1. The largest absolute Gasteiger partial charge is 0.480 e. The van der Waals surface area contributed by atoms with Gasteiger partial charge in [0.15, 0.2) is 0 Å². The molecule has 0 heterocycles. The number of carbonyl (C=O) groups is 1. The first-order valence-electron chi connectivity index (χ1n) is 5.02. The summed E-state index contributed by atoms with van der Waals surface area (Å²) in [5.41, 5.74) is -0.0913. The Hall–Kier alpha value is -1.35. The molecule has 0 fully saturated rings. The van der Waals surface area contributed by atoms with Gasteiger partial charge in [0, 0.05) is 0 Å². The van der Waals surface area contributed by atoms with Gasteiger partial charge in [0.05, 0.1) is 0 Å². The molecule has 0 amide bonds. The van der Waals surface area contributed by atoms with E-state index in [1.165, 1.54) is 0 Å². The quantitative estimate of drug-likeness (QED) is 0.820. The van der Waals surface area contributed by atoms with Crippen molar-refractivity contribution in [2.24, 2.45) is 0 Å². The van der Waals surface area contributed by atoms with Crippen LogP contribution in [0.5, 0.6) is 0 Å². The average molecular weight is 207 g/mol. The molecule has 15 heavy (non-hydrogen) atoms. The van der Waals surface area contributed by atoms with Gasteiger partial charge >= 0.3 is 5.97 Å². The first-order valence-corrected chi connectivity index (χ1v) is 5.02. The van der Waals surface area contributed by atoms with Gasteiger partial charge < -0.3 is 5.11 Å². The number of hydrogen-bond acceptors (Lipinski definition) is 2. The fourth-order valence-corrected chi connectivity index (χ4v) is 1.96. The van der Waals surface area contributed by atoms with Crippen LogP contribution in [0, 0.1) is 0 Å². The van der Waals surface area contributed by atoms with Gasteiger partial charge in [-0.25, -0.2) is 4.79 Å². The zero-order valence-electron chi connectivity index (χ0n) is 9.40. The number of nitrogens with zero attached hydrogens (tertiary/aromatic N) is 1. The maximum absolute atomic E-state index is 11.5. The summed E-state index contributed by atoms with van der Waals surface area (Å²) in [6, 6.07) is 9.34. The van der Waals surface area contributed by atoms with Crippen LogP contribution in [0.25, 0.3) is 0 Å². The van der Waals surface area contributed by atoms with Crippen molar-refractivity contribution in [3.05, 3.63) is 35.9 Å². The summed E-state index contributed by atoms with van der Waals surface area (Å²) in [6.45, 7) is 1.89. The van der Waals surface area contributed by atoms with Gasteiger partial charge in [0.25, 0.3) is 0 Å². The highest BCUT2D eigenvalue weighted by molar-refractivity contribution is 5.80. The zero-order valence-corrected chi connectivity index (χ0v) is 9.40. The lowest BCUT2D eigenvalue weighted by Crippen LogP contribution is -2.47. The van der Waals surface area contributed by atoms with E-state index in [4.69, 9.17) is 0 Å². The lowest BCUT2D eigenvalue weighted by molar-refractivity contribution is -0.151. The molecule has 0 aliphatic heterocycles. The van der Waals surface area contributed by atoms with Crippen molar-refractivity contribution in [2.45, 2.75) is 18.9 Å². The Morgan fingerprint density at radius 3 is 2.20 bits per heavy atom. The Bertz CT molecular complexity index is 335. The second-order valence-corrected chi connectivity index (χ2v) is 3.78. The average Bonchev–Trinajstić information content (AvgIpc) is 2.20. The molecule has 1 aromatic rings. The molecule has 0 radical (unpaired) electrons. The molecule has 0 aliphatic rings. The third kappa shape index (κ3) is 1.88. The third-order valence-electron chi connectivity index (χ3n) is 2.88. The topological polar surface area (TPSA) is 40.5 Å². The Kier molecular flexibility index (Phi) is 3.48. The number of aliphatic carboxylic acids is 1. The molecule has 82 valence electrons. The first kappa shape index (κ1) is 11.7. The number of carboxylic acid groups (broad SMARTS) is 1. The predicted octanol–water partition coefficient (Wildman–Crippen LogP) is 1.94. The fraction of sp³-hybridized carbons (Fsp3) is 0.417. The van der Waals surface area contributed by atoms with Gasteiger partial charge in [-0.1, -0.05) is 37.3 Å². The van der Waals surface area contributed by atoms with Crippen molar-refractivity contribution < 1.29 is 9.90 Å². The minimum atomic E-state index is -0.915. The van der Waals surface area contributed by atoms with Crippen LogP contribution in [-0.4, -0.2) is 30.1 Å². The van der Waals surface area contributed by atoms with E-state index in [2.05, 4.69) is 0 Å². The van der Waals surface area contributed by atoms with Crippen LogP contribution in [0.15, 0.2) is 30.3 Å². The highest BCUT2D eigenvalue weighted by Crippen LogP contribution is 2.30. The van der Waals surface area contributed by atoms with E-state index in [0.717, 1.165) is 5.56 Å². The maximum Gasteiger partial charge on any atom is 0.328 e. The molecule has 1 aromatic carbocycles. The number of benzene rings is 1. The lowest BCUT2D eigenvalue weighted by atomic mass is 9.86. The Morgan fingerprint density at radius 1 is 1.33 bits per heavy atom. The smallest absolute Gasteiger partial charge is 0.328 e. The van der Waals surface area contributed by atoms with Crippen molar-refractivity contribution in [1.82, 2.24) is 4.90 Å². The molecule has 3 nitrogen and oxygen atoms in total. The summed E-state index contributed by atoms with van der Waals surface area (Å²) < 4.78 is 0. The Morgan fingerprint density at radius 2 is 1.87 bits per heavy atom. The van der Waals surface area contributed by atoms with Crippen molar-refractivity contribution >= 4 is 5.97 Å². The Balaban J connectivity index is 3.28. The molecular formula is C12H17NO2. The molecule has 1 atom stereocenters. The van der Waals surface area contributed by atoms with Crippen LogP contribution in [0.4, 0.5) is 0 Å². The normalized spacial score (nSPS) is 14.9. The second kappa shape index (κ2) is 4.45. The molecular weight excluding hydrogens is 190 g/mol. The zero-order chi connectivity index (χ0) is 11.5. The predicted molar refractivity (Wildman–Crippen MR) is 59.7 cm³/mol. The van der Waals surface area contributed by atoms with E-state index in [0.29, 0.717) is 6.42 Å². The van der Waals surface area contributed by atoms with E-state index in [9.17, 15) is 9.90 Å². The van der Waals surface area contributed by atoms with Gasteiger partial charge in [-0.05, 0) is 26.1 Å². The standard InChI is InChI=1S/C12H17NO2/c1-4-12(11(14)15,13(2)3)10-8-6-5-7-9-10/h5-9H,4H2,1-3H3,(H,14,15)/t12-/m0/s1. The SMILES string of the molecule is CC[C@@](C(=O)O)(c1ccccc1)N(C)C. The van der Waals surface area contributed by atoms with E-state index < -0.39 is 11.5 Å². The Labute approximate surface area is 90.3 Å². The molecule has 0 saturated carbocycles. The summed E-state index contributed by atoms with van der Waals surface area (Å²) in [7, 11) is 3.59. The van der Waals surface area contributed by atoms with Crippen LogP contribution in [0.2, 0.25) is 0 Å². The third-order valence-corrected chi connectivity index (χ3v) is 2.88. The molecule has 1 N–H and O–H groups in total. The van der Waals surface area contributed by atoms with Crippen LogP contribution in [-0.2, 0) is 10.3 Å². The highest BCUT2D eigenvalue weighted by Gasteiger charge is 2.40. The minimum Gasteiger partial charge on any atom is -0.480 e. The van der Waals surface area contributed by atoms with Gasteiger partial charge in [-0.3, -0.25) is 4.90 Å². The van der Waals surface area contributed by atoms with E-state index in [1.54, 1.807) is 19.0 Å². The highest BCUT2D eigenvalue weighted by atomic mass is 16.4. The van der Waals surface area contributed by atoms with Crippen molar-refractivity contribution in [3.63, 3.8) is 0 Å². The fourth-order valence-electron chi connectivity index (χ4n) is 1.96. The van der Waals surface area contributed by atoms with Crippen molar-refractivity contribution in [1.29, 1.82) is 0 Å². The molecule has 0 aliphatic carbocycles. The van der Waals surface area contributed by atoms with Crippen LogP contribution in [0.3, 0.4) is 0 Å². The minimum absolute atomic E-state index is 0.541. The van der Waals surface area contributed by atoms with E-state index >= 15 is 0 Å². The number of rotatable bonds is 4. The molecule has 3 heteroatoms. The molecule has 0 saturated heterocycles. The molecule has 1 rings (SSSR count). The summed E-state index contributed by atoms with van der Waals surface area (Å²) in [4.78, 5) is 13.2. The van der Waals surface area contributed by atoms with Crippen molar-refractivity contribution in [2.75, 3.05) is 14.1 Å². The van der Waals surface area contributed by atoms with Crippen LogP contribution < -0.4 is 0 Å². The van der Waals surface area contributed by atoms with E-state index in [-0.39, 0.29) is 0 Å². The molecule has 0 spiro atoms. The van der Waals surface area contributed by atoms with Crippen LogP contribution >= 0.6 is 0 Å². The van der Waals surface area contributed by atoms with Gasteiger partial charge in [-0.15, -0.1) is 0 Å². The van der Waals surface area contributed by atoms with Crippen molar-refractivity contribution in [3.8, 4) is 0 Å². The molecule has 0 aromatic heterocycles. The van der Waals surface area contributed by atoms with E-state index in [1.807, 2.05) is 37.3 Å². The van der Waals surface area contributed by atoms with Gasteiger partial charge in [-0.2, -0.15) is 0 Å². The monoisotopic (exact) mass is 207 g/mol. The summed E-state index contributed by atoms with van der Waals surface area (Å²) >= 11 is 0. The lowest BCUT2D eigenvalue weighted by Gasteiger charge is -2.35. The van der Waals surface area contributed by atoms with Crippen LogP contribution in [0.1, 0.15) is 18.9 Å². The summed E-state index contributed by atoms with van der Waals surface area (Å²) in [5, 5.41) is 9.41. The molecule has 0 bridgehead atoms. The number of hydrogen-bond donors (Lipinski definition) is 1. The first-order chi connectivity index (χ1) is 7.05. The second-order valence-electron chi connectivity index (χ2n) is 3.78. The maximum atomic E-state index is 11.5.